The van der Waals surface area contributed by atoms with E-state index in [-0.39, 0.29) is 11.8 Å². The number of fused-ring (bicyclic) bond motifs is 2. The molecule has 0 saturated carbocycles. The number of methoxy groups -OCH3 is 1. The molecule has 0 radical (unpaired) electrons. The van der Waals surface area contributed by atoms with Crippen LogP contribution in [-0.2, 0) is 17.6 Å². The molecule has 0 fully saturated rings. The standard InChI is InChI=1S/C22H26N2O3/c1-26-20-10-4-7-17-14-18(15-27-21(17)20)22(25)23-11-13-24-12-5-8-16-6-2-3-9-19(16)24/h2-4,6-7,9-10,18H,5,8,11-15H2,1H3,(H,23,25)/t18-/m0/s1. The van der Waals surface area contributed by atoms with Gasteiger partial charge in [-0.15, -0.1) is 0 Å². The molecule has 0 bridgehead atoms. The minimum atomic E-state index is -0.154. The number of nitrogens with zero attached hydrogens (tertiary/aromatic N) is 1. The number of anilines is 1. The number of hydrogen-bond acceptors (Lipinski definition) is 4. The van der Waals surface area contributed by atoms with Crippen LogP contribution >= 0.6 is 0 Å². The number of para-hydroxylation sites is 2. The molecule has 0 unspecified atom stereocenters. The van der Waals surface area contributed by atoms with Gasteiger partial charge in [-0.05, 0) is 42.5 Å². The van der Waals surface area contributed by atoms with Crippen molar-refractivity contribution in [1.82, 2.24) is 5.32 Å². The molecule has 2 aromatic carbocycles. The van der Waals surface area contributed by atoms with Crippen LogP contribution in [0.2, 0.25) is 0 Å². The third kappa shape index (κ3) is 3.72. The monoisotopic (exact) mass is 366 g/mol. The first kappa shape index (κ1) is 17.7. The molecular formula is C22H26N2O3. The molecule has 1 N–H and O–H groups in total. The molecule has 0 spiro atoms. The van der Waals surface area contributed by atoms with Crippen LogP contribution in [0.1, 0.15) is 17.5 Å². The number of carbonyl (C=O) groups excluding carboxylic acids is 1. The second kappa shape index (κ2) is 7.91. The van der Waals surface area contributed by atoms with Crippen molar-refractivity contribution in [3.05, 3.63) is 53.6 Å². The van der Waals surface area contributed by atoms with E-state index >= 15 is 0 Å². The Hall–Kier alpha value is -2.69. The van der Waals surface area contributed by atoms with Crippen molar-refractivity contribution < 1.29 is 14.3 Å². The number of nitrogens with one attached hydrogen (secondary N) is 1. The van der Waals surface area contributed by atoms with E-state index < -0.39 is 0 Å². The van der Waals surface area contributed by atoms with Gasteiger partial charge in [0.2, 0.25) is 5.91 Å². The maximum atomic E-state index is 12.6. The van der Waals surface area contributed by atoms with Crippen LogP contribution in [0.25, 0.3) is 0 Å². The molecule has 2 aromatic rings. The predicted octanol–water partition coefficient (Wildman–Crippen LogP) is 2.82. The highest BCUT2D eigenvalue weighted by atomic mass is 16.5. The number of carbonyl (C=O) groups is 1. The molecule has 1 atom stereocenters. The zero-order valence-electron chi connectivity index (χ0n) is 15.7. The summed E-state index contributed by atoms with van der Waals surface area (Å²) in [5, 5.41) is 3.10. The molecule has 2 aliphatic rings. The van der Waals surface area contributed by atoms with E-state index in [4.69, 9.17) is 9.47 Å². The highest BCUT2D eigenvalue weighted by Crippen LogP contribution is 2.36. The Morgan fingerprint density at radius 2 is 2.07 bits per heavy atom. The first-order valence-corrected chi connectivity index (χ1v) is 9.65. The summed E-state index contributed by atoms with van der Waals surface area (Å²) in [6.07, 6.45) is 2.99. The van der Waals surface area contributed by atoms with Gasteiger partial charge >= 0.3 is 0 Å². The summed E-state index contributed by atoms with van der Waals surface area (Å²) in [4.78, 5) is 15.0. The summed E-state index contributed by atoms with van der Waals surface area (Å²) < 4.78 is 11.2. The van der Waals surface area contributed by atoms with Crippen molar-refractivity contribution in [3.8, 4) is 11.5 Å². The summed E-state index contributed by atoms with van der Waals surface area (Å²) in [6.45, 7) is 2.92. The zero-order chi connectivity index (χ0) is 18.6. The van der Waals surface area contributed by atoms with E-state index in [0.717, 1.165) is 36.6 Å². The Labute approximate surface area is 160 Å². The van der Waals surface area contributed by atoms with Crippen molar-refractivity contribution in [3.63, 3.8) is 0 Å². The first-order chi connectivity index (χ1) is 13.3. The maximum Gasteiger partial charge on any atom is 0.226 e. The van der Waals surface area contributed by atoms with Crippen LogP contribution < -0.4 is 19.7 Å². The highest BCUT2D eigenvalue weighted by Gasteiger charge is 2.27. The van der Waals surface area contributed by atoms with Gasteiger partial charge in [-0.2, -0.15) is 0 Å². The minimum absolute atomic E-state index is 0.0637. The van der Waals surface area contributed by atoms with E-state index in [1.165, 1.54) is 17.7 Å². The number of ether oxygens (including phenoxy) is 2. The second-order valence-corrected chi connectivity index (χ2v) is 7.17. The lowest BCUT2D eigenvalue weighted by Gasteiger charge is -2.31. The lowest BCUT2D eigenvalue weighted by atomic mass is 9.95. The molecule has 5 nitrogen and oxygen atoms in total. The largest absolute Gasteiger partial charge is 0.493 e. The van der Waals surface area contributed by atoms with Crippen LogP contribution in [-0.4, -0.2) is 39.3 Å². The number of amides is 1. The lowest BCUT2D eigenvalue weighted by molar-refractivity contribution is -0.126. The van der Waals surface area contributed by atoms with E-state index in [9.17, 15) is 4.79 Å². The maximum absolute atomic E-state index is 12.6. The molecule has 2 aliphatic heterocycles. The molecule has 142 valence electrons. The third-order valence-electron chi connectivity index (χ3n) is 5.43. The normalized spacial score (nSPS) is 18.1. The zero-order valence-corrected chi connectivity index (χ0v) is 15.7. The summed E-state index contributed by atoms with van der Waals surface area (Å²) >= 11 is 0. The summed E-state index contributed by atoms with van der Waals surface area (Å²) in [7, 11) is 1.64. The first-order valence-electron chi connectivity index (χ1n) is 9.65. The molecule has 4 rings (SSSR count). The SMILES string of the molecule is COc1cccc2c1OC[C@@H](C(=O)NCCN1CCCc3ccccc31)C2. The van der Waals surface area contributed by atoms with Crippen LogP contribution in [0.4, 0.5) is 5.69 Å². The van der Waals surface area contributed by atoms with Gasteiger partial charge in [0.25, 0.3) is 0 Å². The van der Waals surface area contributed by atoms with E-state index in [0.29, 0.717) is 19.6 Å². The fourth-order valence-corrected chi connectivity index (χ4v) is 4.03. The van der Waals surface area contributed by atoms with Crippen LogP contribution in [0.5, 0.6) is 11.5 Å². The Morgan fingerprint density at radius 1 is 1.22 bits per heavy atom. The Kier molecular flexibility index (Phi) is 5.19. The Morgan fingerprint density at radius 3 is 2.96 bits per heavy atom. The molecule has 2 heterocycles. The van der Waals surface area contributed by atoms with E-state index in [1.807, 2.05) is 18.2 Å². The quantitative estimate of drug-likeness (QED) is 0.884. The average molecular weight is 366 g/mol. The molecular weight excluding hydrogens is 340 g/mol. The molecule has 0 aliphatic carbocycles. The van der Waals surface area contributed by atoms with Gasteiger partial charge in [-0.3, -0.25) is 4.79 Å². The highest BCUT2D eigenvalue weighted by molar-refractivity contribution is 5.79. The van der Waals surface area contributed by atoms with Gasteiger partial charge in [0.1, 0.15) is 6.61 Å². The summed E-state index contributed by atoms with van der Waals surface area (Å²) in [6, 6.07) is 14.4. The van der Waals surface area contributed by atoms with Gasteiger partial charge in [-0.1, -0.05) is 30.3 Å². The summed E-state index contributed by atoms with van der Waals surface area (Å²) in [5.41, 5.74) is 3.74. The minimum Gasteiger partial charge on any atom is -0.493 e. The lowest BCUT2D eigenvalue weighted by Crippen LogP contribution is -2.42. The van der Waals surface area contributed by atoms with E-state index in [1.54, 1.807) is 7.11 Å². The molecule has 1 amide bonds. The fourth-order valence-electron chi connectivity index (χ4n) is 4.03. The molecule has 0 saturated heterocycles. The third-order valence-corrected chi connectivity index (χ3v) is 5.43. The molecule has 5 heteroatoms. The van der Waals surface area contributed by atoms with Gasteiger partial charge in [0, 0.05) is 25.3 Å². The van der Waals surface area contributed by atoms with Crippen molar-refractivity contribution in [2.45, 2.75) is 19.3 Å². The Bertz CT molecular complexity index is 821. The van der Waals surface area contributed by atoms with Crippen LogP contribution in [0, 0.1) is 5.92 Å². The number of hydrogen-bond donors (Lipinski definition) is 1. The van der Waals surface area contributed by atoms with Gasteiger partial charge in [0.05, 0.1) is 13.0 Å². The summed E-state index contributed by atoms with van der Waals surface area (Å²) in [5.74, 6) is 1.41. The van der Waals surface area contributed by atoms with Gasteiger partial charge in [0.15, 0.2) is 11.5 Å². The number of benzene rings is 2. The van der Waals surface area contributed by atoms with Gasteiger partial charge < -0.3 is 19.7 Å². The topological polar surface area (TPSA) is 50.8 Å². The van der Waals surface area contributed by atoms with Crippen LogP contribution in [0.3, 0.4) is 0 Å². The average Bonchev–Trinajstić information content (AvgIpc) is 2.73. The molecule has 27 heavy (non-hydrogen) atoms. The number of aryl methyl sites for hydroxylation is 1. The van der Waals surface area contributed by atoms with Crippen LogP contribution in [0.15, 0.2) is 42.5 Å². The van der Waals surface area contributed by atoms with Crippen molar-refractivity contribution in [1.29, 1.82) is 0 Å². The van der Waals surface area contributed by atoms with Crippen molar-refractivity contribution >= 4 is 11.6 Å². The smallest absolute Gasteiger partial charge is 0.226 e. The van der Waals surface area contributed by atoms with Crippen molar-refractivity contribution in [2.75, 3.05) is 38.3 Å². The Balaban J connectivity index is 1.32. The molecule has 0 aromatic heterocycles. The van der Waals surface area contributed by atoms with E-state index in [2.05, 4.69) is 34.5 Å². The second-order valence-electron chi connectivity index (χ2n) is 7.17. The van der Waals surface area contributed by atoms with Crippen molar-refractivity contribution in [2.24, 2.45) is 5.92 Å². The predicted molar refractivity (Wildman–Crippen MR) is 106 cm³/mol. The fraction of sp³-hybridized carbons (Fsp3) is 0.409. The van der Waals surface area contributed by atoms with Gasteiger partial charge in [-0.25, -0.2) is 0 Å². The number of rotatable bonds is 5.